The second-order valence-electron chi connectivity index (χ2n) is 5.12. The smallest absolute Gasteiger partial charge is 0.128 e. The number of rotatable bonds is 5. The molecule has 0 bridgehead atoms. The first-order valence-corrected chi connectivity index (χ1v) is 7.00. The first kappa shape index (κ1) is 15.4. The minimum atomic E-state index is -0.283. The molecule has 0 aliphatic rings. The fourth-order valence-electron chi connectivity index (χ4n) is 2.49. The van der Waals surface area contributed by atoms with Crippen molar-refractivity contribution >= 4 is 5.69 Å². The van der Waals surface area contributed by atoms with Crippen LogP contribution in [0.4, 0.5) is 14.5 Å². The quantitative estimate of drug-likeness (QED) is 0.910. The maximum atomic E-state index is 13.9. The van der Waals surface area contributed by atoms with Crippen LogP contribution in [0.2, 0.25) is 0 Å². The van der Waals surface area contributed by atoms with Gasteiger partial charge < -0.3 is 10.6 Å². The lowest BCUT2D eigenvalue weighted by Gasteiger charge is -2.29. The molecular weight excluding hydrogens is 270 g/mol. The number of anilines is 1. The highest BCUT2D eigenvalue weighted by atomic mass is 19.1. The topological polar surface area (TPSA) is 29.3 Å². The van der Waals surface area contributed by atoms with Crippen molar-refractivity contribution in [3.63, 3.8) is 0 Å². The molecule has 0 radical (unpaired) electrons. The van der Waals surface area contributed by atoms with Crippen molar-refractivity contribution in [2.75, 3.05) is 18.5 Å². The molecule has 112 valence electrons. The van der Waals surface area contributed by atoms with Crippen molar-refractivity contribution in [1.82, 2.24) is 0 Å². The van der Waals surface area contributed by atoms with Crippen LogP contribution in [0.5, 0.6) is 0 Å². The summed E-state index contributed by atoms with van der Waals surface area (Å²) in [5, 5.41) is 0. The zero-order chi connectivity index (χ0) is 15.4. The average molecular weight is 290 g/mol. The van der Waals surface area contributed by atoms with Crippen LogP contribution in [0.15, 0.2) is 42.5 Å². The van der Waals surface area contributed by atoms with E-state index in [1.807, 2.05) is 24.9 Å². The van der Waals surface area contributed by atoms with Crippen LogP contribution in [0.3, 0.4) is 0 Å². The third-order valence-corrected chi connectivity index (χ3v) is 3.77. The molecule has 2 rings (SSSR count). The zero-order valence-electron chi connectivity index (χ0n) is 12.3. The van der Waals surface area contributed by atoms with Gasteiger partial charge in [0.05, 0.1) is 6.04 Å². The molecule has 0 aliphatic heterocycles. The maximum absolute atomic E-state index is 13.9. The molecule has 0 fully saturated rings. The Morgan fingerprint density at radius 1 is 1.14 bits per heavy atom. The number of hydrogen-bond acceptors (Lipinski definition) is 2. The largest absolute Gasteiger partial charge is 0.367 e. The van der Waals surface area contributed by atoms with Crippen molar-refractivity contribution in [3.8, 4) is 0 Å². The van der Waals surface area contributed by atoms with Gasteiger partial charge in [-0.25, -0.2) is 8.78 Å². The van der Waals surface area contributed by atoms with E-state index in [4.69, 9.17) is 5.73 Å². The summed E-state index contributed by atoms with van der Waals surface area (Å²) in [7, 11) is 1.88. The molecule has 4 heteroatoms. The van der Waals surface area contributed by atoms with Crippen LogP contribution in [0.25, 0.3) is 0 Å². The molecule has 0 aromatic heterocycles. The zero-order valence-corrected chi connectivity index (χ0v) is 12.3. The van der Waals surface area contributed by atoms with Crippen LogP contribution in [-0.4, -0.2) is 13.6 Å². The molecule has 21 heavy (non-hydrogen) atoms. The SMILES string of the molecule is CC(c1ccccc1F)N(C)c1ccc(F)cc1CCN. The Hall–Kier alpha value is -1.94. The Balaban J connectivity index is 2.35. The van der Waals surface area contributed by atoms with Gasteiger partial charge in [-0.3, -0.25) is 0 Å². The number of nitrogens with zero attached hydrogens (tertiary/aromatic N) is 1. The Morgan fingerprint density at radius 2 is 1.86 bits per heavy atom. The predicted molar refractivity (Wildman–Crippen MR) is 82.4 cm³/mol. The van der Waals surface area contributed by atoms with E-state index in [-0.39, 0.29) is 17.7 Å². The lowest BCUT2D eigenvalue weighted by molar-refractivity contribution is 0.584. The molecule has 0 amide bonds. The van der Waals surface area contributed by atoms with Crippen molar-refractivity contribution in [2.24, 2.45) is 5.73 Å². The van der Waals surface area contributed by atoms with E-state index in [1.165, 1.54) is 18.2 Å². The second kappa shape index (κ2) is 6.68. The van der Waals surface area contributed by atoms with Gasteiger partial charge in [-0.05, 0) is 49.7 Å². The normalized spacial score (nSPS) is 12.2. The van der Waals surface area contributed by atoms with E-state index < -0.39 is 0 Å². The van der Waals surface area contributed by atoms with Crippen molar-refractivity contribution in [2.45, 2.75) is 19.4 Å². The Morgan fingerprint density at radius 3 is 2.52 bits per heavy atom. The molecule has 0 aliphatic carbocycles. The summed E-state index contributed by atoms with van der Waals surface area (Å²) < 4.78 is 27.3. The molecule has 0 saturated heterocycles. The average Bonchev–Trinajstić information content (AvgIpc) is 2.47. The third-order valence-electron chi connectivity index (χ3n) is 3.77. The monoisotopic (exact) mass is 290 g/mol. The summed E-state index contributed by atoms with van der Waals surface area (Å²) in [6, 6.07) is 11.2. The van der Waals surface area contributed by atoms with Gasteiger partial charge in [0, 0.05) is 18.3 Å². The lowest BCUT2D eigenvalue weighted by Crippen LogP contribution is -2.24. The summed E-state index contributed by atoms with van der Waals surface area (Å²) in [5.41, 5.74) is 7.91. The molecule has 0 heterocycles. The van der Waals surface area contributed by atoms with E-state index in [0.29, 0.717) is 18.5 Å². The predicted octanol–water partition coefficient (Wildman–Crippen LogP) is 3.66. The minimum absolute atomic E-state index is 0.159. The van der Waals surface area contributed by atoms with Gasteiger partial charge in [0.15, 0.2) is 0 Å². The molecule has 1 unspecified atom stereocenters. The van der Waals surface area contributed by atoms with E-state index in [0.717, 1.165) is 11.3 Å². The molecule has 2 nitrogen and oxygen atoms in total. The summed E-state index contributed by atoms with van der Waals surface area (Å²) in [6.45, 7) is 2.37. The van der Waals surface area contributed by atoms with Crippen LogP contribution < -0.4 is 10.6 Å². The molecule has 0 spiro atoms. The minimum Gasteiger partial charge on any atom is -0.367 e. The standard InChI is InChI=1S/C17H20F2N2/c1-12(15-5-3-4-6-16(15)19)21(2)17-8-7-14(18)11-13(17)9-10-20/h3-8,11-12H,9-10,20H2,1-2H3. The van der Waals surface area contributed by atoms with Gasteiger partial charge in [-0.1, -0.05) is 18.2 Å². The highest BCUT2D eigenvalue weighted by molar-refractivity contribution is 5.55. The summed E-state index contributed by atoms with van der Waals surface area (Å²) in [4.78, 5) is 1.95. The number of nitrogens with two attached hydrogens (primary N) is 1. The van der Waals surface area contributed by atoms with Gasteiger partial charge >= 0.3 is 0 Å². The molecule has 2 aromatic carbocycles. The second-order valence-corrected chi connectivity index (χ2v) is 5.12. The van der Waals surface area contributed by atoms with Crippen molar-refractivity contribution < 1.29 is 8.78 Å². The Kier molecular flexibility index (Phi) is 4.91. The fourth-order valence-corrected chi connectivity index (χ4v) is 2.49. The number of halogens is 2. The van der Waals surface area contributed by atoms with Crippen molar-refractivity contribution in [3.05, 3.63) is 65.2 Å². The molecule has 2 N–H and O–H groups in total. The lowest BCUT2D eigenvalue weighted by atomic mass is 10.0. The van der Waals surface area contributed by atoms with Gasteiger partial charge in [0.2, 0.25) is 0 Å². The van der Waals surface area contributed by atoms with Gasteiger partial charge in [-0.15, -0.1) is 0 Å². The molecule has 0 saturated carbocycles. The molecule has 2 aromatic rings. The van der Waals surface area contributed by atoms with Crippen LogP contribution in [0.1, 0.15) is 24.1 Å². The van der Waals surface area contributed by atoms with E-state index in [1.54, 1.807) is 18.2 Å². The fraction of sp³-hybridized carbons (Fsp3) is 0.294. The highest BCUT2D eigenvalue weighted by Gasteiger charge is 2.18. The highest BCUT2D eigenvalue weighted by Crippen LogP contribution is 2.30. The first-order valence-electron chi connectivity index (χ1n) is 7.00. The first-order chi connectivity index (χ1) is 10.0. The summed E-state index contributed by atoms with van der Waals surface area (Å²) in [6.07, 6.45) is 0.585. The van der Waals surface area contributed by atoms with Crippen LogP contribution in [0, 0.1) is 11.6 Å². The van der Waals surface area contributed by atoms with Crippen LogP contribution >= 0.6 is 0 Å². The molecular formula is C17H20F2N2. The Bertz CT molecular complexity index is 613. The van der Waals surface area contributed by atoms with Crippen LogP contribution in [-0.2, 0) is 6.42 Å². The van der Waals surface area contributed by atoms with Gasteiger partial charge in [0.25, 0.3) is 0 Å². The van der Waals surface area contributed by atoms with Gasteiger partial charge in [0.1, 0.15) is 11.6 Å². The van der Waals surface area contributed by atoms with Gasteiger partial charge in [-0.2, -0.15) is 0 Å². The van der Waals surface area contributed by atoms with E-state index >= 15 is 0 Å². The number of hydrogen-bond donors (Lipinski definition) is 1. The van der Waals surface area contributed by atoms with Crippen molar-refractivity contribution in [1.29, 1.82) is 0 Å². The number of benzene rings is 2. The summed E-state index contributed by atoms with van der Waals surface area (Å²) >= 11 is 0. The molecule has 1 atom stereocenters. The van der Waals surface area contributed by atoms with E-state index in [9.17, 15) is 8.78 Å². The van der Waals surface area contributed by atoms with E-state index in [2.05, 4.69) is 0 Å². The maximum Gasteiger partial charge on any atom is 0.128 e. The Labute approximate surface area is 124 Å². The third kappa shape index (κ3) is 3.39. The summed E-state index contributed by atoms with van der Waals surface area (Å²) in [5.74, 6) is -0.520.